The Morgan fingerprint density at radius 2 is 1.67 bits per heavy atom. The first-order valence-corrected chi connectivity index (χ1v) is 15.1. The van der Waals surface area contributed by atoms with Crippen LogP contribution in [0.2, 0.25) is 5.02 Å². The fraction of sp³-hybridized carbons (Fsp3) is 0.188. The molecule has 1 N–H and O–H groups in total. The van der Waals surface area contributed by atoms with Crippen LogP contribution in [0.5, 0.6) is 11.5 Å². The molecule has 42 heavy (non-hydrogen) atoms. The van der Waals surface area contributed by atoms with Crippen molar-refractivity contribution in [1.29, 1.82) is 0 Å². The number of sulfonamides is 1. The third-order valence-corrected chi connectivity index (χ3v) is 8.47. The van der Waals surface area contributed by atoms with E-state index in [4.69, 9.17) is 21.1 Å². The first kappa shape index (κ1) is 30.6. The zero-order valence-corrected chi connectivity index (χ0v) is 25.2. The fourth-order valence-electron chi connectivity index (χ4n) is 4.10. The predicted molar refractivity (Wildman–Crippen MR) is 166 cm³/mol. The second-order valence-corrected chi connectivity index (χ2v) is 11.7. The van der Waals surface area contributed by atoms with Crippen molar-refractivity contribution in [2.75, 3.05) is 17.5 Å². The molecule has 0 aliphatic rings. The van der Waals surface area contributed by atoms with Crippen LogP contribution in [0.3, 0.4) is 0 Å². The van der Waals surface area contributed by atoms with E-state index in [1.807, 2.05) is 39.0 Å². The van der Waals surface area contributed by atoms with Gasteiger partial charge in [-0.2, -0.15) is 5.10 Å². The average molecular weight is 606 g/mol. The monoisotopic (exact) mass is 605 g/mol. The van der Waals surface area contributed by atoms with Crippen LogP contribution in [-0.2, 0) is 21.4 Å². The summed E-state index contributed by atoms with van der Waals surface area (Å²) in [6.45, 7) is 5.89. The second-order valence-electron chi connectivity index (χ2n) is 9.39. The average Bonchev–Trinajstić information content (AvgIpc) is 2.98. The molecule has 0 saturated carbocycles. The zero-order valence-electron chi connectivity index (χ0n) is 23.6. The van der Waals surface area contributed by atoms with E-state index in [0.29, 0.717) is 41.0 Å². The van der Waals surface area contributed by atoms with Crippen LogP contribution in [0.4, 0.5) is 5.69 Å². The number of amides is 1. The van der Waals surface area contributed by atoms with Crippen molar-refractivity contribution < 1.29 is 22.7 Å². The van der Waals surface area contributed by atoms with Crippen LogP contribution in [0.15, 0.2) is 101 Å². The van der Waals surface area contributed by atoms with Crippen LogP contribution in [-0.4, -0.2) is 33.7 Å². The van der Waals surface area contributed by atoms with Crippen molar-refractivity contribution in [2.45, 2.75) is 32.3 Å². The number of hydrogen-bond acceptors (Lipinski definition) is 6. The number of ether oxygens (including phenoxy) is 2. The number of benzene rings is 4. The predicted octanol–water partition coefficient (Wildman–Crippen LogP) is 6.28. The van der Waals surface area contributed by atoms with Crippen LogP contribution in [0.1, 0.15) is 29.2 Å². The minimum absolute atomic E-state index is 0.0871. The van der Waals surface area contributed by atoms with E-state index >= 15 is 0 Å². The van der Waals surface area contributed by atoms with Gasteiger partial charge in [-0.3, -0.25) is 9.10 Å². The summed E-state index contributed by atoms with van der Waals surface area (Å²) in [5, 5.41) is 4.71. The number of rotatable bonds is 12. The lowest BCUT2D eigenvalue weighted by atomic mass is 10.1. The van der Waals surface area contributed by atoms with Gasteiger partial charge in [0.15, 0.2) is 11.5 Å². The number of carbonyl (C=O) groups is 1. The molecule has 218 valence electrons. The Hall–Kier alpha value is -4.34. The molecule has 0 unspecified atom stereocenters. The Labute approximate surface area is 251 Å². The number of halogens is 1. The minimum Gasteiger partial charge on any atom is -0.490 e. The number of aryl methyl sites for hydroxylation is 1. The smallest absolute Gasteiger partial charge is 0.264 e. The van der Waals surface area contributed by atoms with Crippen molar-refractivity contribution in [3.8, 4) is 11.5 Å². The molecule has 0 aromatic heterocycles. The molecule has 0 spiro atoms. The summed E-state index contributed by atoms with van der Waals surface area (Å²) >= 11 is 5.96. The molecule has 10 heteroatoms. The Morgan fingerprint density at radius 1 is 0.929 bits per heavy atom. The Balaban J connectivity index is 1.48. The second kappa shape index (κ2) is 14.0. The van der Waals surface area contributed by atoms with Gasteiger partial charge in [0.25, 0.3) is 15.9 Å². The summed E-state index contributed by atoms with van der Waals surface area (Å²) in [6.07, 6.45) is 1.46. The third kappa shape index (κ3) is 7.69. The van der Waals surface area contributed by atoms with E-state index in [0.717, 1.165) is 21.0 Å². The number of nitrogens with zero attached hydrogens (tertiary/aromatic N) is 2. The standard InChI is InChI=1S/C32H32ClN3O5S/c1-4-40-31-19-26(15-18-30(31)41-22-25-13-16-27(33)17-14-25)20-34-35-32(37)21-36(29-12-8-9-23(2)24(29)3)42(38,39)28-10-6-5-7-11-28/h5-20H,4,21-22H2,1-3H3,(H,35,37)/b34-20-. The summed E-state index contributed by atoms with van der Waals surface area (Å²) in [6, 6.07) is 26.0. The molecule has 0 aliphatic carbocycles. The Bertz CT molecular complexity index is 1660. The summed E-state index contributed by atoms with van der Waals surface area (Å²) in [4.78, 5) is 13.1. The highest BCUT2D eigenvalue weighted by atomic mass is 35.5. The van der Waals surface area contributed by atoms with Crippen LogP contribution in [0.25, 0.3) is 0 Å². The van der Waals surface area contributed by atoms with Crippen molar-refractivity contribution >= 4 is 39.4 Å². The van der Waals surface area contributed by atoms with E-state index in [9.17, 15) is 13.2 Å². The molecular formula is C32H32ClN3O5S. The highest BCUT2D eigenvalue weighted by Gasteiger charge is 2.28. The molecule has 0 fully saturated rings. The first-order chi connectivity index (χ1) is 20.2. The summed E-state index contributed by atoms with van der Waals surface area (Å²) < 4.78 is 40.0. The van der Waals surface area contributed by atoms with Crippen molar-refractivity contribution in [3.63, 3.8) is 0 Å². The van der Waals surface area contributed by atoms with Crippen LogP contribution >= 0.6 is 11.6 Å². The molecule has 8 nitrogen and oxygen atoms in total. The molecule has 4 rings (SSSR count). The number of nitrogens with one attached hydrogen (secondary N) is 1. The first-order valence-electron chi connectivity index (χ1n) is 13.3. The van der Waals surface area contributed by atoms with Crippen molar-refractivity contribution in [3.05, 3.63) is 118 Å². The number of carbonyl (C=O) groups excluding carboxylic acids is 1. The van der Waals surface area contributed by atoms with Gasteiger partial charge in [0.1, 0.15) is 13.2 Å². The van der Waals surface area contributed by atoms with E-state index in [-0.39, 0.29) is 4.90 Å². The van der Waals surface area contributed by atoms with Crippen LogP contribution < -0.4 is 19.2 Å². The molecule has 0 bridgehead atoms. The summed E-state index contributed by atoms with van der Waals surface area (Å²) in [5.74, 6) is 0.486. The van der Waals surface area contributed by atoms with E-state index < -0.39 is 22.5 Å². The lowest BCUT2D eigenvalue weighted by Crippen LogP contribution is -2.40. The molecule has 4 aromatic carbocycles. The summed E-state index contributed by atoms with van der Waals surface area (Å²) in [5.41, 5.74) is 6.15. The molecular weight excluding hydrogens is 574 g/mol. The Morgan fingerprint density at radius 3 is 2.38 bits per heavy atom. The van der Waals surface area contributed by atoms with E-state index in [2.05, 4.69) is 10.5 Å². The Kier molecular flexibility index (Phi) is 10.2. The van der Waals surface area contributed by atoms with E-state index in [1.165, 1.54) is 18.3 Å². The SMILES string of the molecule is CCOc1cc(/C=N\NC(=O)CN(c2cccc(C)c2C)S(=O)(=O)c2ccccc2)ccc1OCc1ccc(Cl)cc1. The maximum atomic E-state index is 13.6. The van der Waals surface area contributed by atoms with Crippen LogP contribution in [0, 0.1) is 13.8 Å². The number of anilines is 1. The van der Waals surface area contributed by atoms with Gasteiger partial charge in [0.2, 0.25) is 0 Å². The largest absolute Gasteiger partial charge is 0.490 e. The molecule has 0 heterocycles. The van der Waals surface area contributed by atoms with Gasteiger partial charge >= 0.3 is 0 Å². The highest BCUT2D eigenvalue weighted by Crippen LogP contribution is 2.30. The normalized spacial score (nSPS) is 11.3. The maximum Gasteiger partial charge on any atom is 0.264 e. The molecule has 0 saturated heterocycles. The lowest BCUT2D eigenvalue weighted by Gasteiger charge is -2.26. The van der Waals surface area contributed by atoms with Gasteiger partial charge in [0, 0.05) is 5.02 Å². The fourth-order valence-corrected chi connectivity index (χ4v) is 5.73. The van der Waals surface area contributed by atoms with Gasteiger partial charge in [-0.05, 0) is 91.6 Å². The van der Waals surface area contributed by atoms with Gasteiger partial charge in [-0.15, -0.1) is 0 Å². The minimum atomic E-state index is -4.03. The zero-order chi connectivity index (χ0) is 30.1. The maximum absolute atomic E-state index is 13.6. The van der Waals surface area contributed by atoms with E-state index in [1.54, 1.807) is 60.7 Å². The highest BCUT2D eigenvalue weighted by molar-refractivity contribution is 7.92. The number of hydrazone groups is 1. The summed E-state index contributed by atoms with van der Waals surface area (Å²) in [7, 11) is -4.03. The molecule has 1 amide bonds. The topological polar surface area (TPSA) is 97.3 Å². The molecule has 4 aromatic rings. The molecule has 0 atom stereocenters. The van der Waals surface area contributed by atoms with Gasteiger partial charge < -0.3 is 9.47 Å². The van der Waals surface area contributed by atoms with Gasteiger partial charge in [0.05, 0.1) is 23.4 Å². The quantitative estimate of drug-likeness (QED) is 0.151. The third-order valence-electron chi connectivity index (χ3n) is 6.44. The van der Waals surface area contributed by atoms with Gasteiger partial charge in [-0.25, -0.2) is 13.8 Å². The van der Waals surface area contributed by atoms with Crippen molar-refractivity contribution in [2.24, 2.45) is 5.10 Å². The molecule has 0 radical (unpaired) electrons. The lowest BCUT2D eigenvalue weighted by molar-refractivity contribution is -0.119. The number of hydrogen-bond donors (Lipinski definition) is 1. The van der Waals surface area contributed by atoms with Gasteiger partial charge in [-0.1, -0.05) is 54.1 Å². The molecule has 0 aliphatic heterocycles. The van der Waals surface area contributed by atoms with Crippen molar-refractivity contribution in [1.82, 2.24) is 5.43 Å².